The van der Waals surface area contributed by atoms with Crippen LogP contribution >= 0.6 is 0 Å². The van der Waals surface area contributed by atoms with Gasteiger partial charge in [-0.2, -0.15) is 0 Å². The van der Waals surface area contributed by atoms with Crippen LogP contribution in [-0.4, -0.2) is 44.1 Å². The number of hydrogen-bond donors (Lipinski definition) is 1. The van der Waals surface area contributed by atoms with Crippen LogP contribution in [0.3, 0.4) is 0 Å². The monoisotopic (exact) mass is 393 g/mol. The lowest BCUT2D eigenvalue weighted by Gasteiger charge is -2.33. The number of aliphatic imine (C=N–C) groups is 1. The summed E-state index contributed by atoms with van der Waals surface area (Å²) in [6.45, 7) is 8.55. The quantitative estimate of drug-likeness (QED) is 0.755. The topological polar surface area (TPSA) is 74.2 Å². The van der Waals surface area contributed by atoms with Crippen molar-refractivity contribution in [1.82, 2.24) is 19.9 Å². The number of nitrogens with zero attached hydrogens (tertiary/aromatic N) is 4. The van der Waals surface area contributed by atoms with Gasteiger partial charge in [-0.05, 0) is 62.5 Å². The van der Waals surface area contributed by atoms with Crippen molar-refractivity contribution in [3.05, 3.63) is 30.7 Å². The van der Waals surface area contributed by atoms with E-state index in [-0.39, 0.29) is 11.9 Å². The Hall–Kier alpha value is -2.50. The van der Waals surface area contributed by atoms with Gasteiger partial charge in [-0.25, -0.2) is 15.0 Å². The van der Waals surface area contributed by atoms with Crippen LogP contribution in [0.4, 0.5) is 5.82 Å². The summed E-state index contributed by atoms with van der Waals surface area (Å²) in [5, 5.41) is 1.04. The molecule has 2 fully saturated rings. The molecular weight excluding hydrogens is 362 g/mol. The number of H-pyrrole nitrogens is 1. The first-order valence-electron chi connectivity index (χ1n) is 10.9. The van der Waals surface area contributed by atoms with E-state index in [9.17, 15) is 4.79 Å². The third-order valence-corrected chi connectivity index (χ3v) is 6.72. The van der Waals surface area contributed by atoms with Crippen molar-refractivity contribution in [3.8, 4) is 0 Å². The van der Waals surface area contributed by atoms with Gasteiger partial charge < -0.3 is 9.88 Å². The molecule has 2 aromatic heterocycles. The molecule has 6 nitrogen and oxygen atoms in total. The summed E-state index contributed by atoms with van der Waals surface area (Å²) in [5.74, 6) is 2.30. The fourth-order valence-electron chi connectivity index (χ4n) is 4.92. The van der Waals surface area contributed by atoms with E-state index < -0.39 is 0 Å². The van der Waals surface area contributed by atoms with Crippen molar-refractivity contribution >= 4 is 28.5 Å². The van der Waals surface area contributed by atoms with Gasteiger partial charge in [0.2, 0.25) is 5.91 Å². The molecule has 2 aromatic rings. The normalized spacial score (nSPS) is 26.3. The average molecular weight is 394 g/mol. The summed E-state index contributed by atoms with van der Waals surface area (Å²) in [6.07, 6.45) is 13.1. The van der Waals surface area contributed by atoms with Crippen molar-refractivity contribution in [1.29, 1.82) is 0 Å². The van der Waals surface area contributed by atoms with Crippen molar-refractivity contribution in [2.45, 2.75) is 64.8 Å². The van der Waals surface area contributed by atoms with Crippen molar-refractivity contribution in [2.75, 3.05) is 6.54 Å². The molecule has 29 heavy (non-hydrogen) atoms. The predicted octanol–water partition coefficient (Wildman–Crippen LogP) is 4.60. The average Bonchev–Trinajstić information content (AvgIpc) is 3.36. The first-order chi connectivity index (χ1) is 14.1. The maximum Gasteiger partial charge on any atom is 0.246 e. The Balaban J connectivity index is 1.61. The fourth-order valence-corrected chi connectivity index (χ4v) is 4.92. The molecule has 3 atom stereocenters. The number of likely N-dealkylation sites (tertiary alicyclic amines) is 1. The van der Waals surface area contributed by atoms with Gasteiger partial charge in [0.25, 0.3) is 0 Å². The number of piperidine rings is 1. The molecule has 2 aliphatic rings. The van der Waals surface area contributed by atoms with Gasteiger partial charge in [0.05, 0.1) is 11.9 Å². The van der Waals surface area contributed by atoms with E-state index in [0.29, 0.717) is 6.54 Å². The summed E-state index contributed by atoms with van der Waals surface area (Å²) < 4.78 is 0. The lowest BCUT2D eigenvalue weighted by atomic mass is 9.96. The van der Waals surface area contributed by atoms with E-state index in [1.807, 2.05) is 4.90 Å². The Morgan fingerprint density at radius 1 is 1.34 bits per heavy atom. The van der Waals surface area contributed by atoms with Crippen LogP contribution in [0.15, 0.2) is 30.2 Å². The maximum absolute atomic E-state index is 12.2. The lowest BCUT2D eigenvalue weighted by Crippen LogP contribution is -2.45. The zero-order chi connectivity index (χ0) is 20.4. The molecule has 4 rings (SSSR count). The van der Waals surface area contributed by atoms with E-state index in [1.54, 1.807) is 6.33 Å². The second-order valence-corrected chi connectivity index (χ2v) is 8.63. The number of nitrogens with one attached hydrogen (secondary N) is 1. The maximum atomic E-state index is 12.2. The van der Waals surface area contributed by atoms with Gasteiger partial charge in [-0.15, -0.1) is 0 Å². The highest BCUT2D eigenvalue weighted by atomic mass is 16.2. The van der Waals surface area contributed by atoms with E-state index in [0.717, 1.165) is 53.7 Å². The molecule has 0 aromatic carbocycles. The molecule has 1 saturated heterocycles. The minimum absolute atomic E-state index is 0.0354. The van der Waals surface area contributed by atoms with Gasteiger partial charge in [-0.1, -0.05) is 26.3 Å². The summed E-state index contributed by atoms with van der Waals surface area (Å²) in [6, 6.07) is 0.210. The molecule has 0 bridgehead atoms. The second-order valence-electron chi connectivity index (χ2n) is 8.63. The summed E-state index contributed by atoms with van der Waals surface area (Å²) in [4.78, 5) is 31.1. The largest absolute Gasteiger partial charge is 0.346 e. The third-order valence-electron chi connectivity index (χ3n) is 6.72. The molecule has 6 heteroatoms. The number of amides is 1. The van der Waals surface area contributed by atoms with Crippen LogP contribution in [0, 0.1) is 11.8 Å². The van der Waals surface area contributed by atoms with Crippen LogP contribution in [0.5, 0.6) is 0 Å². The molecule has 154 valence electrons. The van der Waals surface area contributed by atoms with Gasteiger partial charge in [-0.3, -0.25) is 4.79 Å². The number of carbonyl (C=O) groups is 1. The molecule has 3 heterocycles. The third kappa shape index (κ3) is 4.11. The fraction of sp³-hybridized carbons (Fsp3) is 0.565. The number of aromatic amines is 1. The number of rotatable bonds is 5. The van der Waals surface area contributed by atoms with E-state index in [2.05, 4.69) is 41.6 Å². The number of hydrogen-bond acceptors (Lipinski definition) is 4. The number of carbonyl (C=O) groups excluding carboxylic acids is 1. The summed E-state index contributed by atoms with van der Waals surface area (Å²) in [5.41, 5.74) is 3.12. The van der Waals surface area contributed by atoms with E-state index >= 15 is 0 Å². The Bertz CT molecular complexity index is 930. The first kappa shape index (κ1) is 19.8. The minimum atomic E-state index is -0.0354. The van der Waals surface area contributed by atoms with Crippen molar-refractivity contribution in [3.63, 3.8) is 0 Å². The van der Waals surface area contributed by atoms with Crippen LogP contribution in [0.1, 0.15) is 57.9 Å². The zero-order valence-electron chi connectivity index (χ0n) is 17.5. The highest BCUT2D eigenvalue weighted by molar-refractivity contribution is 5.98. The predicted molar refractivity (Wildman–Crippen MR) is 116 cm³/mol. The van der Waals surface area contributed by atoms with Crippen LogP contribution < -0.4 is 0 Å². The minimum Gasteiger partial charge on any atom is -0.346 e. The van der Waals surface area contributed by atoms with Gasteiger partial charge in [0.15, 0.2) is 5.82 Å². The Morgan fingerprint density at radius 3 is 2.93 bits per heavy atom. The molecule has 1 saturated carbocycles. The van der Waals surface area contributed by atoms with Crippen molar-refractivity contribution < 1.29 is 4.79 Å². The molecule has 3 unspecified atom stereocenters. The van der Waals surface area contributed by atoms with Gasteiger partial charge >= 0.3 is 0 Å². The second kappa shape index (κ2) is 8.47. The Kier molecular flexibility index (Phi) is 5.79. The molecule has 0 spiro atoms. The van der Waals surface area contributed by atoms with E-state index in [1.165, 1.54) is 37.3 Å². The summed E-state index contributed by atoms with van der Waals surface area (Å²) in [7, 11) is 0. The lowest BCUT2D eigenvalue weighted by molar-refractivity contribution is -0.127. The van der Waals surface area contributed by atoms with E-state index in [4.69, 9.17) is 4.99 Å². The Labute approximate surface area is 172 Å². The van der Waals surface area contributed by atoms with Gasteiger partial charge in [0, 0.05) is 18.0 Å². The highest BCUT2D eigenvalue weighted by Gasteiger charge is 2.27. The number of aromatic nitrogens is 3. The summed E-state index contributed by atoms with van der Waals surface area (Å²) >= 11 is 0. The molecule has 1 N–H and O–H groups in total. The zero-order valence-corrected chi connectivity index (χ0v) is 17.5. The Morgan fingerprint density at radius 2 is 2.17 bits per heavy atom. The molecule has 1 amide bonds. The smallest absolute Gasteiger partial charge is 0.246 e. The SMILES string of the molecule is C=CC(=O)N1CC(=Nc2ncnc3[nH]cc(CC4CCC(CC)C4)c23)CCC1C. The van der Waals surface area contributed by atoms with Crippen LogP contribution in [-0.2, 0) is 11.2 Å². The van der Waals surface area contributed by atoms with Crippen LogP contribution in [0.25, 0.3) is 11.0 Å². The highest BCUT2D eigenvalue weighted by Crippen LogP contribution is 2.37. The molecule has 1 aliphatic carbocycles. The molecule has 1 aliphatic heterocycles. The van der Waals surface area contributed by atoms with Gasteiger partial charge in [0.1, 0.15) is 12.0 Å². The molecule has 0 radical (unpaired) electrons. The number of fused-ring (bicyclic) bond motifs is 1. The first-order valence-corrected chi connectivity index (χ1v) is 10.9. The standard InChI is InChI=1S/C23H31N5O/c1-4-16-7-8-17(10-16)11-18-12-24-22-21(18)23(26-14-25-22)27-19-9-6-15(3)28(13-19)20(29)5-2/h5,12,14-17H,2,4,6-11,13H2,1,3H3,(H,24,25,26). The molecular formula is C23H31N5O. The van der Waals surface area contributed by atoms with Crippen LogP contribution in [0.2, 0.25) is 0 Å². The van der Waals surface area contributed by atoms with Crippen molar-refractivity contribution in [2.24, 2.45) is 16.8 Å².